The number of anilines is 1. The second-order valence-corrected chi connectivity index (χ2v) is 2.91. The van der Waals surface area contributed by atoms with Gasteiger partial charge in [0.15, 0.2) is 0 Å². The van der Waals surface area contributed by atoms with Gasteiger partial charge in [0.05, 0.1) is 5.56 Å². The van der Waals surface area contributed by atoms with Crippen LogP contribution in [-0.2, 0) is 11.0 Å². The first-order chi connectivity index (χ1) is 6.80. The van der Waals surface area contributed by atoms with Gasteiger partial charge in [-0.15, -0.1) is 0 Å². The molecule has 0 radical (unpaired) electrons. The van der Waals surface area contributed by atoms with E-state index < -0.39 is 23.4 Å². The van der Waals surface area contributed by atoms with Crippen molar-refractivity contribution in [1.82, 2.24) is 0 Å². The molecule has 0 spiro atoms. The van der Waals surface area contributed by atoms with Crippen LogP contribution in [0.2, 0.25) is 0 Å². The standard InChI is InChI=1S/C9H8F3NO2/c1-5(14)13-6-2-3-8(15)7(4-6)9(10,11)12/h2-4,15H,1H3,(H,13,14). The van der Waals surface area contributed by atoms with Gasteiger partial charge in [0.1, 0.15) is 5.75 Å². The zero-order chi connectivity index (χ0) is 11.6. The number of nitrogens with one attached hydrogen (secondary N) is 1. The van der Waals surface area contributed by atoms with Crippen molar-refractivity contribution < 1.29 is 23.1 Å². The van der Waals surface area contributed by atoms with Crippen LogP contribution in [-0.4, -0.2) is 11.0 Å². The summed E-state index contributed by atoms with van der Waals surface area (Å²) >= 11 is 0. The zero-order valence-corrected chi connectivity index (χ0v) is 7.72. The first kappa shape index (κ1) is 11.4. The summed E-state index contributed by atoms with van der Waals surface area (Å²) in [5.41, 5.74) is -1.18. The molecule has 0 heterocycles. The number of benzene rings is 1. The topological polar surface area (TPSA) is 49.3 Å². The molecule has 1 amide bonds. The number of alkyl halides is 3. The van der Waals surface area contributed by atoms with Crippen LogP contribution in [0, 0.1) is 0 Å². The van der Waals surface area contributed by atoms with Crippen molar-refractivity contribution in [2.75, 3.05) is 5.32 Å². The molecular weight excluding hydrogens is 211 g/mol. The molecule has 0 aliphatic rings. The number of hydrogen-bond donors (Lipinski definition) is 2. The molecule has 0 aliphatic carbocycles. The third kappa shape index (κ3) is 2.87. The number of carbonyl (C=O) groups excluding carboxylic acids is 1. The number of amides is 1. The van der Waals surface area contributed by atoms with Crippen molar-refractivity contribution in [2.24, 2.45) is 0 Å². The molecule has 6 heteroatoms. The van der Waals surface area contributed by atoms with Gasteiger partial charge in [0.2, 0.25) is 5.91 Å². The van der Waals surface area contributed by atoms with Crippen LogP contribution in [0.4, 0.5) is 18.9 Å². The van der Waals surface area contributed by atoms with Gasteiger partial charge in [-0.3, -0.25) is 4.79 Å². The lowest BCUT2D eigenvalue weighted by atomic mass is 10.1. The van der Waals surface area contributed by atoms with Crippen molar-refractivity contribution in [2.45, 2.75) is 13.1 Å². The van der Waals surface area contributed by atoms with E-state index in [4.69, 9.17) is 5.11 Å². The van der Waals surface area contributed by atoms with Crippen LogP contribution in [0.25, 0.3) is 0 Å². The maximum atomic E-state index is 12.3. The fourth-order valence-electron chi connectivity index (χ4n) is 1.04. The molecule has 0 bridgehead atoms. The second kappa shape index (κ2) is 3.80. The molecule has 1 aromatic rings. The Bertz CT molecular complexity index is 387. The highest BCUT2D eigenvalue weighted by atomic mass is 19.4. The fraction of sp³-hybridized carbons (Fsp3) is 0.222. The van der Waals surface area contributed by atoms with E-state index in [9.17, 15) is 18.0 Å². The molecule has 0 aliphatic heterocycles. The quantitative estimate of drug-likeness (QED) is 0.712. The molecule has 1 rings (SSSR count). The molecule has 0 fully saturated rings. The van der Waals surface area contributed by atoms with Gasteiger partial charge in [-0.1, -0.05) is 0 Å². The summed E-state index contributed by atoms with van der Waals surface area (Å²) in [5.74, 6) is -1.34. The minimum atomic E-state index is -4.64. The number of phenols is 1. The van der Waals surface area contributed by atoms with Crippen molar-refractivity contribution >= 4 is 11.6 Å². The summed E-state index contributed by atoms with van der Waals surface area (Å²) in [6.07, 6.45) is -4.64. The highest BCUT2D eigenvalue weighted by molar-refractivity contribution is 5.88. The fourth-order valence-corrected chi connectivity index (χ4v) is 1.04. The highest BCUT2D eigenvalue weighted by Gasteiger charge is 2.34. The van der Waals surface area contributed by atoms with Gasteiger partial charge in [-0.25, -0.2) is 0 Å². The van der Waals surface area contributed by atoms with E-state index in [1.807, 2.05) is 0 Å². The Morgan fingerprint density at radius 2 is 2.00 bits per heavy atom. The minimum Gasteiger partial charge on any atom is -0.507 e. The summed E-state index contributed by atoms with van der Waals surface area (Å²) in [5, 5.41) is 11.2. The summed E-state index contributed by atoms with van der Waals surface area (Å²) in [6.45, 7) is 1.18. The Morgan fingerprint density at radius 3 is 2.47 bits per heavy atom. The van der Waals surface area contributed by atoms with E-state index in [2.05, 4.69) is 5.32 Å². The van der Waals surface area contributed by atoms with E-state index in [-0.39, 0.29) is 5.69 Å². The van der Waals surface area contributed by atoms with Gasteiger partial charge in [0, 0.05) is 12.6 Å². The third-order valence-electron chi connectivity index (χ3n) is 1.62. The summed E-state index contributed by atoms with van der Waals surface area (Å²) in [7, 11) is 0. The van der Waals surface area contributed by atoms with Crippen LogP contribution in [0.1, 0.15) is 12.5 Å². The Morgan fingerprint density at radius 1 is 1.40 bits per heavy atom. The van der Waals surface area contributed by atoms with Crippen molar-refractivity contribution in [3.05, 3.63) is 23.8 Å². The third-order valence-corrected chi connectivity index (χ3v) is 1.62. The molecular formula is C9H8F3NO2. The molecule has 0 saturated heterocycles. The average Bonchev–Trinajstić information content (AvgIpc) is 2.05. The van der Waals surface area contributed by atoms with Crippen LogP contribution >= 0.6 is 0 Å². The SMILES string of the molecule is CC(=O)Nc1ccc(O)c(C(F)(F)F)c1. The first-order valence-corrected chi connectivity index (χ1v) is 3.98. The Balaban J connectivity index is 3.11. The van der Waals surface area contributed by atoms with Crippen LogP contribution in [0.15, 0.2) is 18.2 Å². The van der Waals surface area contributed by atoms with Gasteiger partial charge >= 0.3 is 6.18 Å². The summed E-state index contributed by atoms with van der Waals surface area (Å²) < 4.78 is 36.9. The van der Waals surface area contributed by atoms with Gasteiger partial charge in [-0.2, -0.15) is 13.2 Å². The predicted octanol–water partition coefficient (Wildman–Crippen LogP) is 2.37. The summed E-state index contributed by atoms with van der Waals surface area (Å²) in [6, 6.07) is 2.75. The van der Waals surface area contributed by atoms with Gasteiger partial charge < -0.3 is 10.4 Å². The lowest BCUT2D eigenvalue weighted by Crippen LogP contribution is -2.09. The lowest BCUT2D eigenvalue weighted by molar-refractivity contribution is -0.138. The Hall–Kier alpha value is -1.72. The number of aromatic hydroxyl groups is 1. The number of hydrogen-bond acceptors (Lipinski definition) is 2. The van der Waals surface area contributed by atoms with Crippen molar-refractivity contribution in [3.63, 3.8) is 0 Å². The van der Waals surface area contributed by atoms with E-state index in [0.717, 1.165) is 6.07 Å². The van der Waals surface area contributed by atoms with E-state index in [1.54, 1.807) is 0 Å². The largest absolute Gasteiger partial charge is 0.507 e. The molecule has 2 N–H and O–H groups in total. The summed E-state index contributed by atoms with van der Waals surface area (Å²) in [4.78, 5) is 10.6. The molecule has 3 nitrogen and oxygen atoms in total. The minimum absolute atomic E-state index is 0.00683. The molecule has 0 saturated carbocycles. The molecule has 0 atom stereocenters. The van der Waals surface area contributed by atoms with E-state index in [1.165, 1.54) is 13.0 Å². The molecule has 1 aromatic carbocycles. The van der Waals surface area contributed by atoms with Gasteiger partial charge in [0.25, 0.3) is 0 Å². The second-order valence-electron chi connectivity index (χ2n) is 2.91. The molecule has 82 valence electrons. The molecule has 0 aromatic heterocycles. The van der Waals surface area contributed by atoms with E-state index in [0.29, 0.717) is 6.07 Å². The smallest absolute Gasteiger partial charge is 0.420 e. The maximum Gasteiger partial charge on any atom is 0.420 e. The predicted molar refractivity (Wildman–Crippen MR) is 47.4 cm³/mol. The van der Waals surface area contributed by atoms with Crippen LogP contribution < -0.4 is 5.32 Å². The molecule has 0 unspecified atom stereocenters. The lowest BCUT2D eigenvalue weighted by Gasteiger charge is -2.10. The Labute approximate surface area is 83.5 Å². The average molecular weight is 219 g/mol. The number of halogens is 3. The zero-order valence-electron chi connectivity index (χ0n) is 7.72. The highest BCUT2D eigenvalue weighted by Crippen LogP contribution is 2.36. The van der Waals surface area contributed by atoms with E-state index >= 15 is 0 Å². The number of rotatable bonds is 1. The molecule has 15 heavy (non-hydrogen) atoms. The van der Waals surface area contributed by atoms with Crippen molar-refractivity contribution in [1.29, 1.82) is 0 Å². The van der Waals surface area contributed by atoms with Gasteiger partial charge in [-0.05, 0) is 18.2 Å². The number of carbonyl (C=O) groups is 1. The normalized spacial score (nSPS) is 11.2. The first-order valence-electron chi connectivity index (χ1n) is 3.98. The van der Waals surface area contributed by atoms with Crippen LogP contribution in [0.5, 0.6) is 5.75 Å². The monoisotopic (exact) mass is 219 g/mol. The Kier molecular flexibility index (Phi) is 2.88. The van der Waals surface area contributed by atoms with Crippen molar-refractivity contribution in [3.8, 4) is 5.75 Å². The number of phenolic OH excluding ortho intramolecular Hbond substituents is 1. The maximum absolute atomic E-state index is 12.3. The van der Waals surface area contributed by atoms with Crippen LogP contribution in [0.3, 0.4) is 0 Å².